The summed E-state index contributed by atoms with van der Waals surface area (Å²) < 4.78 is 20.9. The second-order valence-electron chi connectivity index (χ2n) is 3.21. The SMILES string of the molecule is CC(C)N(CP(=O)([O-])[O-])CP(=O)([O-])O.[NH4+].[NH4+].[NH4+]. The predicted molar refractivity (Wildman–Crippen MR) is 62.1 cm³/mol. The summed E-state index contributed by atoms with van der Waals surface area (Å²) in [7, 11) is -9.39. The second-order valence-corrected chi connectivity index (χ2v) is 6.28. The third-order valence-corrected chi connectivity index (χ3v) is 2.88. The molecule has 0 aliphatic carbocycles. The molecule has 0 radical (unpaired) electrons. The third-order valence-electron chi connectivity index (χ3n) is 1.45. The number of hydrogen-bond donors (Lipinski definition) is 4. The molecule has 0 rings (SSSR count). The number of hydrogen-bond acceptors (Lipinski definition) is 6. The molecule has 0 aliphatic rings. The first-order valence-electron chi connectivity index (χ1n) is 3.79. The summed E-state index contributed by atoms with van der Waals surface area (Å²) in [5, 5.41) is 0. The highest BCUT2D eigenvalue weighted by Crippen LogP contribution is 2.34. The van der Waals surface area contributed by atoms with Crippen molar-refractivity contribution in [1.82, 2.24) is 23.4 Å². The Labute approximate surface area is 100 Å². The van der Waals surface area contributed by atoms with E-state index in [1.807, 2.05) is 0 Å². The maximum Gasteiger partial charge on any atom is 0.146 e. The van der Waals surface area contributed by atoms with E-state index in [-0.39, 0.29) is 18.5 Å². The van der Waals surface area contributed by atoms with Crippen LogP contribution in [0.15, 0.2) is 0 Å². The third kappa shape index (κ3) is 16.1. The van der Waals surface area contributed by atoms with Crippen LogP contribution in [0.4, 0.5) is 0 Å². The van der Waals surface area contributed by atoms with Crippen LogP contribution in [0.1, 0.15) is 13.8 Å². The van der Waals surface area contributed by atoms with E-state index >= 15 is 0 Å². The summed E-state index contributed by atoms with van der Waals surface area (Å²) in [6.45, 7) is 3.04. The van der Waals surface area contributed by atoms with Gasteiger partial charge in [-0.1, -0.05) is 7.60 Å². The van der Waals surface area contributed by atoms with Crippen molar-refractivity contribution in [3.8, 4) is 0 Å². The van der Waals surface area contributed by atoms with E-state index in [2.05, 4.69) is 0 Å². The van der Waals surface area contributed by atoms with Gasteiger partial charge in [0.1, 0.15) is 7.60 Å². The molecule has 12 heteroatoms. The van der Waals surface area contributed by atoms with E-state index < -0.39 is 33.8 Å². The molecule has 0 aromatic heterocycles. The Kier molecular flexibility index (Phi) is 13.9. The van der Waals surface area contributed by atoms with Crippen molar-refractivity contribution in [3.63, 3.8) is 0 Å². The molecule has 10 nitrogen and oxygen atoms in total. The zero-order valence-electron chi connectivity index (χ0n) is 10.8. The van der Waals surface area contributed by atoms with Crippen LogP contribution in [0.25, 0.3) is 0 Å². The fourth-order valence-electron chi connectivity index (χ4n) is 0.823. The molecule has 0 saturated heterocycles. The van der Waals surface area contributed by atoms with E-state index in [4.69, 9.17) is 4.89 Å². The van der Waals surface area contributed by atoms with Crippen molar-refractivity contribution in [2.24, 2.45) is 0 Å². The van der Waals surface area contributed by atoms with Crippen LogP contribution in [0, 0.1) is 0 Å². The summed E-state index contributed by atoms with van der Waals surface area (Å²) in [5.41, 5.74) is 0. The minimum Gasteiger partial charge on any atom is -0.810 e. The molecule has 1 unspecified atom stereocenters. The van der Waals surface area contributed by atoms with Gasteiger partial charge in [0, 0.05) is 12.3 Å². The van der Waals surface area contributed by atoms with E-state index in [9.17, 15) is 23.8 Å². The van der Waals surface area contributed by atoms with E-state index in [1.54, 1.807) is 0 Å². The Bertz CT molecular complexity index is 252. The summed E-state index contributed by atoms with van der Waals surface area (Å²) in [4.78, 5) is 40.6. The van der Waals surface area contributed by atoms with Crippen LogP contribution in [-0.2, 0) is 9.13 Å². The molecule has 0 saturated carbocycles. The predicted octanol–water partition coefficient (Wildman–Crippen LogP) is -0.800. The quantitative estimate of drug-likeness (QED) is 0.470. The van der Waals surface area contributed by atoms with Crippen molar-refractivity contribution in [1.29, 1.82) is 0 Å². The smallest absolute Gasteiger partial charge is 0.146 e. The van der Waals surface area contributed by atoms with Crippen LogP contribution in [0.2, 0.25) is 0 Å². The first-order valence-corrected chi connectivity index (χ1v) is 7.28. The van der Waals surface area contributed by atoms with Gasteiger partial charge < -0.3 is 47.2 Å². The lowest BCUT2D eigenvalue weighted by molar-refractivity contribution is -0.315. The number of rotatable bonds is 5. The summed E-state index contributed by atoms with van der Waals surface area (Å²) in [5.74, 6) is 0. The van der Waals surface area contributed by atoms with Gasteiger partial charge in [0.15, 0.2) is 0 Å². The minimum atomic E-state index is -4.81. The van der Waals surface area contributed by atoms with Crippen molar-refractivity contribution in [2.45, 2.75) is 19.9 Å². The minimum absolute atomic E-state index is 0. The molecule has 0 aliphatic heterocycles. The molecule has 0 aromatic rings. The van der Waals surface area contributed by atoms with Crippen molar-refractivity contribution in [2.75, 3.05) is 12.6 Å². The van der Waals surface area contributed by atoms with Crippen LogP contribution < -0.4 is 33.1 Å². The van der Waals surface area contributed by atoms with Gasteiger partial charge in [-0.25, -0.2) is 0 Å². The molecular weight excluding hydrogens is 274 g/mol. The molecule has 0 spiro atoms. The van der Waals surface area contributed by atoms with Gasteiger partial charge in [-0.2, -0.15) is 0 Å². The molecule has 1 atom stereocenters. The van der Waals surface area contributed by atoms with E-state index in [0.717, 1.165) is 4.90 Å². The van der Waals surface area contributed by atoms with Gasteiger partial charge in [0.25, 0.3) is 0 Å². The molecule has 0 aromatic carbocycles. The van der Waals surface area contributed by atoms with Crippen LogP contribution in [0.3, 0.4) is 0 Å². The Morgan fingerprint density at radius 2 is 1.41 bits per heavy atom. The highest BCUT2D eigenvalue weighted by atomic mass is 31.2. The van der Waals surface area contributed by atoms with E-state index in [1.165, 1.54) is 13.8 Å². The van der Waals surface area contributed by atoms with Gasteiger partial charge in [-0.05, 0) is 13.8 Å². The van der Waals surface area contributed by atoms with Crippen LogP contribution in [-0.4, -0.2) is 28.4 Å². The highest BCUT2D eigenvalue weighted by Gasteiger charge is 2.15. The molecular formula is C5H24N4O6P2. The maximum absolute atomic E-state index is 10.5. The summed E-state index contributed by atoms with van der Waals surface area (Å²) in [6.07, 6.45) is -1.74. The fourth-order valence-corrected chi connectivity index (χ4v) is 2.74. The van der Waals surface area contributed by atoms with E-state index in [0.29, 0.717) is 0 Å². The lowest BCUT2D eigenvalue weighted by Crippen LogP contribution is -2.38. The molecule has 0 fully saturated rings. The standard InChI is InChI=1S/C5H15NO6P2.3H3N/c1-5(2)6(3-13(7,8)9)4-14(10,11)12;;;/h5H,3-4H2,1-2H3,(H2,7,8,9)(H2,10,11,12);3*1H3. The van der Waals surface area contributed by atoms with Crippen molar-refractivity contribution < 1.29 is 28.7 Å². The molecule has 13 N–H and O–H groups in total. The normalized spacial score (nSPS) is 14.4. The zero-order valence-corrected chi connectivity index (χ0v) is 12.6. The topological polar surface area (TPSA) is 236 Å². The zero-order chi connectivity index (χ0) is 11.6. The van der Waals surface area contributed by atoms with Crippen LogP contribution >= 0.6 is 15.2 Å². The molecule has 110 valence electrons. The van der Waals surface area contributed by atoms with Gasteiger partial charge >= 0.3 is 0 Å². The molecule has 17 heavy (non-hydrogen) atoms. The Balaban J connectivity index is -0.000000282. The summed E-state index contributed by atoms with van der Waals surface area (Å²) >= 11 is 0. The number of quaternary nitrogens is 3. The first kappa shape index (κ1) is 25.9. The van der Waals surface area contributed by atoms with Crippen molar-refractivity contribution >= 4 is 15.2 Å². The Morgan fingerprint density at radius 1 is 1.06 bits per heavy atom. The lowest BCUT2D eigenvalue weighted by atomic mass is 10.4. The van der Waals surface area contributed by atoms with Gasteiger partial charge in [-0.3, -0.25) is 4.90 Å². The van der Waals surface area contributed by atoms with Gasteiger partial charge in [0.2, 0.25) is 0 Å². The fraction of sp³-hybridized carbons (Fsp3) is 1.00. The Morgan fingerprint density at radius 3 is 1.59 bits per heavy atom. The molecule has 0 amide bonds. The Hall–Kier alpha value is 0.140. The number of nitrogens with zero attached hydrogens (tertiary/aromatic N) is 1. The monoisotopic (exact) mass is 298 g/mol. The average molecular weight is 298 g/mol. The second kappa shape index (κ2) is 9.12. The van der Waals surface area contributed by atoms with Crippen LogP contribution in [0.5, 0.6) is 0 Å². The van der Waals surface area contributed by atoms with Gasteiger partial charge in [0.05, 0.1) is 6.29 Å². The highest BCUT2D eigenvalue weighted by molar-refractivity contribution is 7.50. The largest absolute Gasteiger partial charge is 0.810 e. The van der Waals surface area contributed by atoms with Crippen molar-refractivity contribution in [3.05, 3.63) is 0 Å². The molecule has 0 heterocycles. The average Bonchev–Trinajstić information content (AvgIpc) is 1.78. The maximum atomic E-state index is 10.5. The first-order chi connectivity index (χ1) is 6.01. The lowest BCUT2D eigenvalue weighted by Gasteiger charge is -2.39. The summed E-state index contributed by atoms with van der Waals surface area (Å²) in [6, 6.07) is -0.458. The van der Waals surface area contributed by atoms with Gasteiger partial charge in [-0.15, -0.1) is 0 Å². The molecule has 0 bridgehead atoms.